The molecule has 3 nitrogen and oxygen atoms in total. The Hall–Kier alpha value is -1.81. The van der Waals surface area contributed by atoms with E-state index < -0.39 is 0 Å². The summed E-state index contributed by atoms with van der Waals surface area (Å²) in [5, 5.41) is 3.31. The zero-order chi connectivity index (χ0) is 13.0. The van der Waals surface area contributed by atoms with E-state index >= 15 is 0 Å². The molecule has 0 fully saturated rings. The van der Waals surface area contributed by atoms with Gasteiger partial charge in [-0.25, -0.2) is 14.4 Å². The van der Waals surface area contributed by atoms with Gasteiger partial charge < -0.3 is 5.32 Å². The van der Waals surface area contributed by atoms with Crippen molar-refractivity contribution in [1.82, 2.24) is 15.3 Å². The minimum Gasteiger partial charge on any atom is -0.305 e. The van der Waals surface area contributed by atoms with Crippen LogP contribution in [0.2, 0.25) is 0 Å². The lowest BCUT2D eigenvalue weighted by atomic mass is 10.1. The second-order valence-corrected chi connectivity index (χ2v) is 4.25. The molecule has 0 spiro atoms. The van der Waals surface area contributed by atoms with Gasteiger partial charge in [0, 0.05) is 18.8 Å². The molecule has 1 N–H and O–H groups in total. The van der Waals surface area contributed by atoms with Gasteiger partial charge in [-0.15, -0.1) is 0 Å². The molecule has 1 unspecified atom stereocenters. The van der Waals surface area contributed by atoms with E-state index in [-0.39, 0.29) is 11.9 Å². The Morgan fingerprint density at radius 1 is 1.33 bits per heavy atom. The van der Waals surface area contributed by atoms with E-state index in [2.05, 4.69) is 15.3 Å². The van der Waals surface area contributed by atoms with Gasteiger partial charge in [-0.2, -0.15) is 0 Å². The standard InChI is InChI=1S/C14H16FN3/c1-10(12-4-3-5-13(15)8-12)17-9-14-6-7-16-11(2)18-14/h3-8,10,17H,9H2,1-2H3. The molecule has 1 heterocycles. The Bertz CT molecular complexity index is 528. The van der Waals surface area contributed by atoms with Crippen LogP contribution in [0.4, 0.5) is 4.39 Å². The van der Waals surface area contributed by atoms with Crippen LogP contribution < -0.4 is 5.32 Å². The first-order chi connectivity index (χ1) is 8.65. The van der Waals surface area contributed by atoms with E-state index in [0.29, 0.717) is 6.54 Å². The largest absolute Gasteiger partial charge is 0.305 e. The Morgan fingerprint density at radius 3 is 2.89 bits per heavy atom. The minimum absolute atomic E-state index is 0.0796. The van der Waals surface area contributed by atoms with Crippen molar-refractivity contribution >= 4 is 0 Å². The highest BCUT2D eigenvalue weighted by molar-refractivity contribution is 5.19. The lowest BCUT2D eigenvalue weighted by Gasteiger charge is -2.14. The fourth-order valence-electron chi connectivity index (χ4n) is 1.76. The van der Waals surface area contributed by atoms with Crippen molar-refractivity contribution in [2.24, 2.45) is 0 Å². The topological polar surface area (TPSA) is 37.8 Å². The first-order valence-corrected chi connectivity index (χ1v) is 5.92. The highest BCUT2D eigenvalue weighted by Gasteiger charge is 2.06. The number of hydrogen-bond donors (Lipinski definition) is 1. The van der Waals surface area contributed by atoms with Gasteiger partial charge in [0.25, 0.3) is 0 Å². The lowest BCUT2D eigenvalue weighted by molar-refractivity contribution is 0.558. The molecular weight excluding hydrogens is 229 g/mol. The number of nitrogens with one attached hydrogen (secondary N) is 1. The summed E-state index contributed by atoms with van der Waals surface area (Å²) in [6, 6.07) is 8.57. The van der Waals surface area contributed by atoms with E-state index in [4.69, 9.17) is 0 Å². The van der Waals surface area contributed by atoms with Crippen molar-refractivity contribution in [3.63, 3.8) is 0 Å². The summed E-state index contributed by atoms with van der Waals surface area (Å²) >= 11 is 0. The van der Waals surface area contributed by atoms with Crippen LogP contribution in [-0.4, -0.2) is 9.97 Å². The fraction of sp³-hybridized carbons (Fsp3) is 0.286. The normalized spacial score (nSPS) is 12.4. The van der Waals surface area contributed by atoms with Gasteiger partial charge in [-0.05, 0) is 37.6 Å². The van der Waals surface area contributed by atoms with Gasteiger partial charge in [0.15, 0.2) is 0 Å². The lowest BCUT2D eigenvalue weighted by Crippen LogP contribution is -2.19. The zero-order valence-electron chi connectivity index (χ0n) is 10.5. The van der Waals surface area contributed by atoms with Crippen LogP contribution >= 0.6 is 0 Å². The molecular formula is C14H16FN3. The minimum atomic E-state index is -0.209. The molecule has 0 radical (unpaired) electrons. The van der Waals surface area contributed by atoms with Crippen LogP contribution in [0.5, 0.6) is 0 Å². The summed E-state index contributed by atoms with van der Waals surface area (Å²) in [6.45, 7) is 4.50. The van der Waals surface area contributed by atoms with Crippen LogP contribution in [0.15, 0.2) is 36.5 Å². The number of rotatable bonds is 4. The third-order valence-corrected chi connectivity index (χ3v) is 2.77. The van der Waals surface area contributed by atoms with E-state index in [1.54, 1.807) is 18.3 Å². The number of aromatic nitrogens is 2. The SMILES string of the molecule is Cc1nccc(CNC(C)c2cccc(F)c2)n1. The molecule has 18 heavy (non-hydrogen) atoms. The zero-order valence-corrected chi connectivity index (χ0v) is 10.5. The van der Waals surface area contributed by atoms with Crippen LogP contribution in [-0.2, 0) is 6.54 Å². The number of halogens is 1. The molecule has 0 aliphatic rings. The number of hydrogen-bond acceptors (Lipinski definition) is 3. The number of benzene rings is 1. The summed E-state index contributed by atoms with van der Waals surface area (Å²) in [7, 11) is 0. The van der Waals surface area contributed by atoms with Crippen molar-refractivity contribution in [3.05, 3.63) is 59.4 Å². The molecule has 0 bridgehead atoms. The Kier molecular flexibility index (Phi) is 3.99. The summed E-state index contributed by atoms with van der Waals surface area (Å²) in [5.74, 6) is 0.548. The van der Waals surface area contributed by atoms with E-state index in [1.165, 1.54) is 6.07 Å². The maximum absolute atomic E-state index is 13.1. The molecule has 1 aromatic carbocycles. The van der Waals surface area contributed by atoms with Crippen molar-refractivity contribution in [2.75, 3.05) is 0 Å². The molecule has 0 saturated carbocycles. The summed E-state index contributed by atoms with van der Waals surface area (Å²) in [4.78, 5) is 8.36. The first-order valence-electron chi connectivity index (χ1n) is 5.92. The molecule has 0 saturated heterocycles. The van der Waals surface area contributed by atoms with Gasteiger partial charge >= 0.3 is 0 Å². The van der Waals surface area contributed by atoms with Crippen molar-refractivity contribution < 1.29 is 4.39 Å². The monoisotopic (exact) mass is 245 g/mol. The average Bonchev–Trinajstić information content (AvgIpc) is 2.36. The van der Waals surface area contributed by atoms with Gasteiger partial charge in [0.2, 0.25) is 0 Å². The average molecular weight is 245 g/mol. The Balaban J connectivity index is 1.98. The smallest absolute Gasteiger partial charge is 0.125 e. The number of nitrogens with zero attached hydrogens (tertiary/aromatic N) is 2. The molecule has 1 atom stereocenters. The third-order valence-electron chi connectivity index (χ3n) is 2.77. The molecule has 4 heteroatoms. The molecule has 0 amide bonds. The molecule has 2 rings (SSSR count). The van der Waals surface area contributed by atoms with Crippen molar-refractivity contribution in [2.45, 2.75) is 26.4 Å². The molecule has 0 aliphatic carbocycles. The second kappa shape index (κ2) is 5.69. The van der Waals surface area contributed by atoms with Gasteiger partial charge in [-0.1, -0.05) is 12.1 Å². The van der Waals surface area contributed by atoms with Crippen LogP contribution in [0, 0.1) is 12.7 Å². The molecule has 2 aromatic rings. The highest BCUT2D eigenvalue weighted by atomic mass is 19.1. The van der Waals surface area contributed by atoms with Crippen molar-refractivity contribution in [1.29, 1.82) is 0 Å². The maximum atomic E-state index is 13.1. The summed E-state index contributed by atoms with van der Waals surface area (Å²) < 4.78 is 13.1. The van der Waals surface area contributed by atoms with Gasteiger partial charge in [-0.3, -0.25) is 0 Å². The third kappa shape index (κ3) is 3.34. The maximum Gasteiger partial charge on any atom is 0.125 e. The highest BCUT2D eigenvalue weighted by Crippen LogP contribution is 2.13. The predicted octanol–water partition coefficient (Wildman–Crippen LogP) is 2.77. The van der Waals surface area contributed by atoms with E-state index in [0.717, 1.165) is 17.1 Å². The Labute approximate surface area is 106 Å². The summed E-state index contributed by atoms with van der Waals surface area (Å²) in [6.07, 6.45) is 1.74. The van der Waals surface area contributed by atoms with Crippen LogP contribution in [0.1, 0.15) is 30.0 Å². The Morgan fingerprint density at radius 2 is 2.17 bits per heavy atom. The van der Waals surface area contributed by atoms with E-state index in [1.807, 2.05) is 26.0 Å². The quantitative estimate of drug-likeness (QED) is 0.900. The molecule has 94 valence electrons. The second-order valence-electron chi connectivity index (χ2n) is 4.25. The van der Waals surface area contributed by atoms with E-state index in [9.17, 15) is 4.39 Å². The van der Waals surface area contributed by atoms with Gasteiger partial charge in [0.1, 0.15) is 11.6 Å². The molecule has 0 aliphatic heterocycles. The fourth-order valence-corrected chi connectivity index (χ4v) is 1.76. The van der Waals surface area contributed by atoms with Crippen molar-refractivity contribution in [3.8, 4) is 0 Å². The molecule has 1 aromatic heterocycles. The summed E-state index contributed by atoms with van der Waals surface area (Å²) in [5.41, 5.74) is 1.87. The predicted molar refractivity (Wildman–Crippen MR) is 68.4 cm³/mol. The first kappa shape index (κ1) is 12.6. The van der Waals surface area contributed by atoms with Crippen LogP contribution in [0.25, 0.3) is 0 Å². The number of aryl methyl sites for hydroxylation is 1. The van der Waals surface area contributed by atoms with Crippen LogP contribution in [0.3, 0.4) is 0 Å². The van der Waals surface area contributed by atoms with Gasteiger partial charge in [0.05, 0.1) is 5.69 Å².